The highest BCUT2D eigenvalue weighted by Gasteiger charge is 2.49. The Hall–Kier alpha value is -3.28. The number of thioether (sulfide) groups is 1. The number of esters is 2. The zero-order valence-electron chi connectivity index (χ0n) is 21.0. The van der Waals surface area contributed by atoms with Crippen molar-refractivity contribution in [2.75, 3.05) is 26.3 Å². The van der Waals surface area contributed by atoms with Gasteiger partial charge in [0, 0.05) is 18.8 Å². The van der Waals surface area contributed by atoms with Crippen molar-refractivity contribution in [1.29, 1.82) is 0 Å². The van der Waals surface area contributed by atoms with Gasteiger partial charge >= 0.3 is 18.1 Å². The average molecular weight is 552 g/mol. The van der Waals surface area contributed by atoms with Gasteiger partial charge in [0.2, 0.25) is 5.91 Å². The van der Waals surface area contributed by atoms with Crippen LogP contribution in [0, 0.1) is 5.92 Å². The van der Waals surface area contributed by atoms with Crippen LogP contribution in [0.4, 0.5) is 13.2 Å². The van der Waals surface area contributed by atoms with Crippen LogP contribution in [0.15, 0.2) is 57.7 Å². The number of nitrogens with zero attached hydrogens (tertiary/aromatic N) is 3. The minimum atomic E-state index is -4.90. The lowest BCUT2D eigenvalue weighted by atomic mass is 9.93. The molecule has 3 aliphatic rings. The number of amidine groups is 1. The van der Waals surface area contributed by atoms with Crippen molar-refractivity contribution in [3.63, 3.8) is 0 Å². The van der Waals surface area contributed by atoms with E-state index < -0.39 is 35.4 Å². The number of halogens is 3. The van der Waals surface area contributed by atoms with Crippen LogP contribution >= 0.6 is 11.8 Å². The van der Waals surface area contributed by atoms with Gasteiger partial charge in [0.05, 0.1) is 37.2 Å². The van der Waals surface area contributed by atoms with E-state index in [1.807, 2.05) is 0 Å². The molecule has 1 amide bonds. The topological polar surface area (TPSA) is 88.5 Å². The Morgan fingerprint density at radius 1 is 1.11 bits per heavy atom. The van der Waals surface area contributed by atoms with Gasteiger partial charge in [-0.25, -0.2) is 9.79 Å². The van der Waals surface area contributed by atoms with Crippen LogP contribution in [0.3, 0.4) is 0 Å². The number of aliphatic imine (C=N–C) groups is 1. The zero-order valence-corrected chi connectivity index (χ0v) is 21.8. The molecule has 0 bridgehead atoms. The van der Waals surface area contributed by atoms with E-state index in [-0.39, 0.29) is 43.2 Å². The van der Waals surface area contributed by atoms with Gasteiger partial charge in [0.15, 0.2) is 10.9 Å². The van der Waals surface area contributed by atoms with Crippen molar-refractivity contribution in [3.8, 4) is 0 Å². The third-order valence-corrected chi connectivity index (χ3v) is 7.30. The summed E-state index contributed by atoms with van der Waals surface area (Å²) in [5.74, 6) is -2.16. The largest absolute Gasteiger partial charge is 0.466 e. The molecule has 2 atom stereocenters. The predicted octanol–water partition coefficient (Wildman–Crippen LogP) is 4.56. The summed E-state index contributed by atoms with van der Waals surface area (Å²) < 4.78 is 52.5. The van der Waals surface area contributed by atoms with Crippen molar-refractivity contribution in [2.24, 2.45) is 10.9 Å². The number of hydrogen-bond acceptors (Lipinski definition) is 8. The molecule has 0 radical (unpaired) electrons. The van der Waals surface area contributed by atoms with Crippen LogP contribution in [-0.4, -0.2) is 65.3 Å². The van der Waals surface area contributed by atoms with Crippen LogP contribution in [0.1, 0.15) is 44.7 Å². The maximum Gasteiger partial charge on any atom is 0.434 e. The Balaban J connectivity index is 1.66. The molecule has 8 nitrogen and oxygen atoms in total. The molecular weight excluding hydrogens is 523 g/mol. The Kier molecular flexibility index (Phi) is 8.49. The second-order valence-electron chi connectivity index (χ2n) is 8.89. The third-order valence-electron chi connectivity index (χ3n) is 6.42. The molecule has 3 heterocycles. The van der Waals surface area contributed by atoms with E-state index in [0.29, 0.717) is 30.6 Å². The highest BCUT2D eigenvalue weighted by Crippen LogP contribution is 2.48. The van der Waals surface area contributed by atoms with Crippen LogP contribution in [0.5, 0.6) is 0 Å². The van der Waals surface area contributed by atoms with Crippen molar-refractivity contribution < 1.29 is 37.0 Å². The summed E-state index contributed by atoms with van der Waals surface area (Å²) in [6, 6.07) is 7.10. The quantitative estimate of drug-likeness (QED) is 0.459. The predicted molar refractivity (Wildman–Crippen MR) is 134 cm³/mol. The fraction of sp³-hybridized carbons (Fsp3) is 0.462. The number of allylic oxidation sites excluding steroid dienone is 1. The molecular formula is C26H28F3N3O5S. The minimum absolute atomic E-state index is 0.0186. The van der Waals surface area contributed by atoms with E-state index in [1.54, 1.807) is 47.6 Å². The summed E-state index contributed by atoms with van der Waals surface area (Å²) in [6.07, 6.45) is -3.78. The van der Waals surface area contributed by atoms with E-state index in [9.17, 15) is 27.6 Å². The summed E-state index contributed by atoms with van der Waals surface area (Å²) in [5, 5.41) is 1.60. The first-order valence-electron chi connectivity index (χ1n) is 12.4. The number of benzene rings is 1. The fourth-order valence-corrected chi connectivity index (χ4v) is 5.68. The number of ether oxygens (including phenoxy) is 2. The Morgan fingerprint density at radius 3 is 2.47 bits per heavy atom. The Morgan fingerprint density at radius 2 is 1.82 bits per heavy atom. The van der Waals surface area contributed by atoms with Crippen molar-refractivity contribution in [2.45, 2.75) is 45.3 Å². The lowest BCUT2D eigenvalue weighted by molar-refractivity contribution is -0.151. The molecule has 0 aliphatic carbocycles. The summed E-state index contributed by atoms with van der Waals surface area (Å²) in [6.45, 7) is 4.05. The molecule has 4 rings (SSSR count). The van der Waals surface area contributed by atoms with Gasteiger partial charge in [0.25, 0.3) is 0 Å². The van der Waals surface area contributed by atoms with Gasteiger partial charge in [-0.15, -0.1) is 0 Å². The molecule has 1 saturated heterocycles. The SMILES string of the molecule is CCOC(=O)C1=C(C(F)(F)F)N=C2SC=C(CC(=O)N3CCC[C@H](C(=O)OCC)C3)N2[C@H]1c1ccccc1. The van der Waals surface area contributed by atoms with Crippen LogP contribution in [-0.2, 0) is 23.9 Å². The van der Waals surface area contributed by atoms with Crippen molar-refractivity contribution >= 4 is 34.8 Å². The number of hydrogen-bond donors (Lipinski definition) is 0. The molecule has 0 spiro atoms. The standard InChI is InChI=1S/C26H28F3N3O5S/c1-3-36-23(34)17-11-8-12-31(14-17)19(33)13-18-15-38-25-30-22(26(27,28)29)20(24(35)37-4-2)21(32(18)25)16-9-6-5-7-10-16/h5-7,9-10,15,17,21H,3-4,8,11-14H2,1-2H3/t17-,21-/m0/s1. The lowest BCUT2D eigenvalue weighted by Crippen LogP contribution is -2.44. The second-order valence-corrected chi connectivity index (χ2v) is 9.73. The smallest absolute Gasteiger partial charge is 0.434 e. The maximum absolute atomic E-state index is 14.1. The van der Waals surface area contributed by atoms with Crippen molar-refractivity contribution in [3.05, 3.63) is 58.3 Å². The molecule has 3 aliphatic heterocycles. The van der Waals surface area contributed by atoms with Gasteiger partial charge < -0.3 is 19.3 Å². The lowest BCUT2D eigenvalue weighted by Gasteiger charge is -2.37. The molecule has 204 valence electrons. The van der Waals surface area contributed by atoms with E-state index in [2.05, 4.69) is 4.99 Å². The molecule has 1 aromatic rings. The summed E-state index contributed by atoms with van der Waals surface area (Å²) in [5.41, 5.74) is -1.10. The average Bonchev–Trinajstić information content (AvgIpc) is 3.30. The van der Waals surface area contributed by atoms with Gasteiger partial charge in [-0.2, -0.15) is 13.2 Å². The molecule has 12 heteroatoms. The summed E-state index contributed by atoms with van der Waals surface area (Å²) in [7, 11) is 0. The number of carbonyl (C=O) groups is 3. The number of fused-ring (bicyclic) bond motifs is 1. The first kappa shape index (κ1) is 27.7. The molecule has 0 aromatic heterocycles. The van der Waals surface area contributed by atoms with Crippen LogP contribution < -0.4 is 0 Å². The molecule has 38 heavy (non-hydrogen) atoms. The molecule has 1 aromatic carbocycles. The molecule has 0 unspecified atom stereocenters. The van der Waals surface area contributed by atoms with E-state index in [0.717, 1.165) is 11.8 Å². The monoisotopic (exact) mass is 551 g/mol. The van der Waals surface area contributed by atoms with E-state index in [4.69, 9.17) is 9.47 Å². The fourth-order valence-electron chi connectivity index (χ4n) is 4.76. The highest BCUT2D eigenvalue weighted by molar-refractivity contribution is 8.16. The maximum atomic E-state index is 14.1. The van der Waals surface area contributed by atoms with Gasteiger partial charge in [0.1, 0.15) is 0 Å². The van der Waals surface area contributed by atoms with Gasteiger partial charge in [-0.3, -0.25) is 9.59 Å². The highest BCUT2D eigenvalue weighted by atomic mass is 32.2. The Labute approximate surface area is 222 Å². The number of piperidine rings is 1. The summed E-state index contributed by atoms with van der Waals surface area (Å²) in [4.78, 5) is 45.4. The number of likely N-dealkylation sites (tertiary alicyclic amines) is 1. The number of carbonyl (C=O) groups excluding carboxylic acids is 3. The first-order chi connectivity index (χ1) is 18.2. The van der Waals surface area contributed by atoms with Gasteiger partial charge in [-0.1, -0.05) is 42.1 Å². The van der Waals surface area contributed by atoms with Gasteiger partial charge in [-0.05, 0) is 37.7 Å². The Bertz CT molecular complexity index is 1180. The number of alkyl halides is 3. The van der Waals surface area contributed by atoms with Crippen molar-refractivity contribution in [1.82, 2.24) is 9.80 Å². The summed E-state index contributed by atoms with van der Waals surface area (Å²) >= 11 is 0.963. The van der Waals surface area contributed by atoms with Crippen LogP contribution in [0.25, 0.3) is 0 Å². The second kappa shape index (κ2) is 11.6. The molecule has 0 N–H and O–H groups in total. The number of amides is 1. The number of rotatable bonds is 7. The zero-order chi connectivity index (χ0) is 27.4. The van der Waals surface area contributed by atoms with E-state index >= 15 is 0 Å². The third kappa shape index (κ3) is 5.74. The first-order valence-corrected chi connectivity index (χ1v) is 13.2. The molecule has 1 fully saturated rings. The van der Waals surface area contributed by atoms with Crippen LogP contribution in [0.2, 0.25) is 0 Å². The molecule has 0 saturated carbocycles. The normalized spacial score (nSPS) is 21.5. The minimum Gasteiger partial charge on any atom is -0.466 e. The van der Waals surface area contributed by atoms with E-state index in [1.165, 1.54) is 11.8 Å².